The predicted octanol–water partition coefficient (Wildman–Crippen LogP) is 5.22. The third-order valence-corrected chi connectivity index (χ3v) is 5.48. The van der Waals surface area contributed by atoms with Gasteiger partial charge < -0.3 is 9.47 Å². The van der Waals surface area contributed by atoms with E-state index in [1.54, 1.807) is 49.8 Å². The fourth-order valence-electron chi connectivity index (χ4n) is 2.61. The first kappa shape index (κ1) is 25.2. The highest BCUT2D eigenvalue weighted by molar-refractivity contribution is 8.15. The third-order valence-electron chi connectivity index (χ3n) is 4.17. The Morgan fingerprint density at radius 3 is 2.44 bits per heavy atom. The van der Waals surface area contributed by atoms with Crippen LogP contribution in [0, 0.1) is 0 Å². The number of carbonyl (C=O) groups is 3. The zero-order valence-corrected chi connectivity index (χ0v) is 19.3. The second-order valence-electron chi connectivity index (χ2n) is 6.51. The highest BCUT2D eigenvalue weighted by atomic mass is 35.5. The quantitative estimate of drug-likeness (QED) is 0.321. The van der Waals surface area contributed by atoms with Crippen LogP contribution in [0.15, 0.2) is 73.0 Å². The van der Waals surface area contributed by atoms with Gasteiger partial charge in [0.25, 0.3) is 5.24 Å². The Labute approximate surface area is 196 Å². The van der Waals surface area contributed by atoms with E-state index < -0.39 is 5.25 Å². The lowest BCUT2D eigenvalue weighted by Crippen LogP contribution is -2.25. The number of ether oxygens (including phenoxy) is 2. The molecular weight excluding hydrogens is 450 g/mol. The van der Waals surface area contributed by atoms with Crippen LogP contribution in [0.2, 0.25) is 5.02 Å². The number of amides is 2. The molecule has 0 unspecified atom stereocenters. The van der Waals surface area contributed by atoms with Gasteiger partial charge in [-0.25, -0.2) is 0 Å². The third kappa shape index (κ3) is 8.24. The molecule has 6 nitrogen and oxygen atoms in total. The van der Waals surface area contributed by atoms with Crippen molar-refractivity contribution in [2.75, 3.05) is 13.7 Å². The van der Waals surface area contributed by atoms with Crippen LogP contribution < -0.4 is 10.1 Å². The Morgan fingerprint density at radius 1 is 1.12 bits per heavy atom. The van der Waals surface area contributed by atoms with Gasteiger partial charge in [-0.3, -0.25) is 19.7 Å². The summed E-state index contributed by atoms with van der Waals surface area (Å²) in [5, 5.41) is 1.95. The molecule has 3 rings (SSSR count). The molecule has 2 aromatic carbocycles. The number of halogens is 1. The largest absolute Gasteiger partial charge is 0.504 e. The van der Waals surface area contributed by atoms with Crippen molar-refractivity contribution < 1.29 is 23.9 Å². The van der Waals surface area contributed by atoms with Crippen LogP contribution in [0.1, 0.15) is 22.8 Å². The van der Waals surface area contributed by atoms with Crippen molar-refractivity contribution in [1.82, 2.24) is 5.32 Å². The smallest absolute Gasteiger partial charge is 0.286 e. The number of benzene rings is 2. The second kappa shape index (κ2) is 13.4. The lowest BCUT2D eigenvalue weighted by molar-refractivity contribution is -0.118. The molecule has 0 saturated carbocycles. The molecule has 0 aromatic heterocycles. The Kier molecular flexibility index (Phi) is 10.6. The molecule has 0 radical (unpaired) electrons. The molecule has 2 aromatic rings. The van der Waals surface area contributed by atoms with Gasteiger partial charge in [-0.15, -0.1) is 0 Å². The van der Waals surface area contributed by atoms with Gasteiger partial charge >= 0.3 is 0 Å². The maximum absolute atomic E-state index is 12.1. The number of allylic oxidation sites excluding steroid dienone is 3. The van der Waals surface area contributed by atoms with E-state index in [0.29, 0.717) is 22.8 Å². The average Bonchev–Trinajstić information content (AvgIpc) is 3.10. The van der Waals surface area contributed by atoms with Gasteiger partial charge in [-0.1, -0.05) is 59.8 Å². The van der Waals surface area contributed by atoms with Crippen molar-refractivity contribution in [2.45, 2.75) is 18.6 Å². The van der Waals surface area contributed by atoms with E-state index in [-0.39, 0.29) is 23.5 Å². The molecule has 1 heterocycles. The summed E-state index contributed by atoms with van der Waals surface area (Å²) in [5.74, 6) is 0.0802. The molecule has 1 saturated heterocycles. The molecule has 0 bridgehead atoms. The number of thioether (sulfide) groups is 1. The Morgan fingerprint density at radius 2 is 1.84 bits per heavy atom. The van der Waals surface area contributed by atoms with Crippen LogP contribution in [-0.2, 0) is 16.0 Å². The highest BCUT2D eigenvalue weighted by Crippen LogP contribution is 2.24. The fourth-order valence-corrected chi connectivity index (χ4v) is 3.71. The van der Waals surface area contributed by atoms with Gasteiger partial charge in [-0.2, -0.15) is 0 Å². The second-order valence-corrected chi connectivity index (χ2v) is 8.10. The molecule has 0 spiro atoms. The molecule has 0 aliphatic carbocycles. The number of Topliss-reactive ketones (excluding diaryl/α,β-unsaturated/α-hetero) is 1. The van der Waals surface area contributed by atoms with Crippen LogP contribution in [0.25, 0.3) is 0 Å². The molecule has 1 aliphatic rings. The summed E-state index contributed by atoms with van der Waals surface area (Å²) >= 11 is 6.99. The van der Waals surface area contributed by atoms with Crippen LogP contribution in [0.3, 0.4) is 0 Å². The van der Waals surface area contributed by atoms with Crippen molar-refractivity contribution in [3.63, 3.8) is 0 Å². The monoisotopic (exact) mass is 473 g/mol. The van der Waals surface area contributed by atoms with E-state index in [0.717, 1.165) is 17.3 Å². The van der Waals surface area contributed by atoms with E-state index in [9.17, 15) is 14.4 Å². The first-order valence-electron chi connectivity index (χ1n) is 9.76. The lowest BCUT2D eigenvalue weighted by Gasteiger charge is -2.09. The first-order chi connectivity index (χ1) is 15.4. The van der Waals surface area contributed by atoms with Gasteiger partial charge in [0.1, 0.15) is 5.75 Å². The summed E-state index contributed by atoms with van der Waals surface area (Å²) in [5.41, 5.74) is 1.34. The molecule has 1 aliphatic heterocycles. The minimum atomic E-state index is -0.402. The number of carbonyl (C=O) groups excluding carboxylic acids is 3. The predicted molar refractivity (Wildman–Crippen MR) is 127 cm³/mol. The van der Waals surface area contributed by atoms with Gasteiger partial charge in [0.05, 0.1) is 23.6 Å². The molecular formula is C24H24ClNO5S. The van der Waals surface area contributed by atoms with Crippen LogP contribution >= 0.6 is 23.4 Å². The first-order valence-corrected chi connectivity index (χ1v) is 11.0. The standard InChI is InChI=1S/C18H14ClNO4S.C6H10O/c19-14-4-2-1-3-13(14)15(21)10-24-12-7-5-11(6-8-12)9-16-17(22)20-18(23)25-16;1-3-4-5-6-7-2/h1-8,16H,9-10H2,(H,20,22,23);3-6H,1-2H3/b;4-3+,6-5+/t16-;/m1./s1. The van der Waals surface area contributed by atoms with Gasteiger partial charge in [0.2, 0.25) is 11.7 Å². The molecule has 8 heteroatoms. The number of rotatable bonds is 8. The normalized spacial score (nSPS) is 15.4. The van der Waals surface area contributed by atoms with Crippen LogP contribution in [0.5, 0.6) is 5.75 Å². The summed E-state index contributed by atoms with van der Waals surface area (Å²) < 4.78 is 10.1. The van der Waals surface area contributed by atoms with E-state index >= 15 is 0 Å². The van der Waals surface area contributed by atoms with Crippen molar-refractivity contribution in [1.29, 1.82) is 0 Å². The average molecular weight is 474 g/mol. The minimum absolute atomic E-state index is 0.113. The van der Waals surface area contributed by atoms with Crippen molar-refractivity contribution >= 4 is 40.3 Å². The van der Waals surface area contributed by atoms with E-state index in [1.807, 2.05) is 37.3 Å². The Hall–Kier alpha value is -3.03. The SMILES string of the molecule is C/C=C/C=C/OC.O=C1NC(=O)[C@@H](Cc2ccc(OCC(=O)c3ccccc3Cl)cc2)S1. The fraction of sp³-hybridized carbons (Fsp3) is 0.208. The zero-order chi connectivity index (χ0) is 23.3. The number of imide groups is 1. The molecule has 168 valence electrons. The Bertz CT molecular complexity index is 988. The lowest BCUT2D eigenvalue weighted by atomic mass is 10.1. The molecule has 1 N–H and O–H groups in total. The number of methoxy groups -OCH3 is 1. The topological polar surface area (TPSA) is 81.7 Å². The maximum Gasteiger partial charge on any atom is 0.286 e. The van der Waals surface area contributed by atoms with E-state index in [4.69, 9.17) is 16.3 Å². The van der Waals surface area contributed by atoms with Crippen molar-refractivity contribution in [2.24, 2.45) is 0 Å². The van der Waals surface area contributed by atoms with Crippen LogP contribution in [-0.4, -0.2) is 35.9 Å². The minimum Gasteiger partial charge on any atom is -0.504 e. The summed E-state index contributed by atoms with van der Waals surface area (Å²) in [6.45, 7) is 1.85. The molecule has 1 fully saturated rings. The maximum atomic E-state index is 12.1. The zero-order valence-electron chi connectivity index (χ0n) is 17.7. The van der Waals surface area contributed by atoms with E-state index in [1.165, 1.54) is 0 Å². The summed E-state index contributed by atoms with van der Waals surface area (Å²) in [6, 6.07) is 13.9. The summed E-state index contributed by atoms with van der Waals surface area (Å²) in [4.78, 5) is 34.9. The highest BCUT2D eigenvalue weighted by Gasteiger charge is 2.31. The molecule has 1 atom stereocenters. The summed E-state index contributed by atoms with van der Waals surface area (Å²) in [6.07, 6.45) is 7.76. The molecule has 2 amide bonds. The van der Waals surface area contributed by atoms with Gasteiger partial charge in [0, 0.05) is 5.56 Å². The van der Waals surface area contributed by atoms with E-state index in [2.05, 4.69) is 10.1 Å². The number of ketones is 1. The van der Waals surface area contributed by atoms with Gasteiger partial charge in [-0.05, 0) is 49.2 Å². The number of hydrogen-bond acceptors (Lipinski definition) is 6. The van der Waals surface area contributed by atoms with Crippen LogP contribution in [0.4, 0.5) is 4.79 Å². The summed E-state index contributed by atoms with van der Waals surface area (Å²) in [7, 11) is 1.62. The number of hydrogen-bond donors (Lipinski definition) is 1. The number of nitrogens with one attached hydrogen (secondary N) is 1. The Balaban J connectivity index is 0.000000451. The molecule has 32 heavy (non-hydrogen) atoms. The van der Waals surface area contributed by atoms with Crippen molar-refractivity contribution in [3.8, 4) is 5.75 Å². The van der Waals surface area contributed by atoms with Crippen molar-refractivity contribution in [3.05, 3.63) is 89.2 Å². The van der Waals surface area contributed by atoms with Gasteiger partial charge in [0.15, 0.2) is 6.61 Å².